The fraction of sp³-hybridized carbons (Fsp3) is 0.478. The fourth-order valence-electron chi connectivity index (χ4n) is 4.89. The molecule has 3 aromatic rings. The van der Waals surface area contributed by atoms with Gasteiger partial charge in [-0.3, -0.25) is 4.68 Å². The molecule has 30 heavy (non-hydrogen) atoms. The van der Waals surface area contributed by atoms with Gasteiger partial charge in [0.25, 0.3) is 0 Å². The van der Waals surface area contributed by atoms with Gasteiger partial charge in [0.1, 0.15) is 5.56 Å². The standard InChI is InChI=1S/C23H27N5O2/c1-27-14-21(25-26-27)18-12-19(18)22-20(23(29)30-2)13-24-28(22)17-10-6-9-16(11-17)15-7-4-3-5-8-15/h6,9-11,13-15,18-19H,3-5,7-8,12H2,1-2H3. The molecule has 2 atom stereocenters. The molecule has 5 rings (SSSR count). The lowest BCUT2D eigenvalue weighted by atomic mass is 9.84. The Bertz CT molecular complexity index is 1060. The van der Waals surface area contributed by atoms with Crippen LogP contribution in [0.15, 0.2) is 36.7 Å². The lowest BCUT2D eigenvalue weighted by molar-refractivity contribution is 0.0599. The first-order valence-electron chi connectivity index (χ1n) is 10.8. The van der Waals surface area contributed by atoms with Crippen molar-refractivity contribution in [3.05, 3.63) is 59.2 Å². The summed E-state index contributed by atoms with van der Waals surface area (Å²) < 4.78 is 8.69. The average Bonchev–Trinajstić information content (AvgIpc) is 3.24. The van der Waals surface area contributed by atoms with Gasteiger partial charge < -0.3 is 4.74 Å². The van der Waals surface area contributed by atoms with E-state index in [9.17, 15) is 4.79 Å². The lowest BCUT2D eigenvalue weighted by Gasteiger charge is -2.22. The Kier molecular flexibility index (Phi) is 4.89. The van der Waals surface area contributed by atoms with E-state index in [1.54, 1.807) is 10.9 Å². The monoisotopic (exact) mass is 405 g/mol. The summed E-state index contributed by atoms with van der Waals surface area (Å²) in [5.74, 6) is 0.700. The zero-order chi connectivity index (χ0) is 20.7. The molecule has 0 saturated heterocycles. The molecular formula is C23H27N5O2. The van der Waals surface area contributed by atoms with Crippen LogP contribution in [-0.4, -0.2) is 37.9 Å². The second kappa shape index (κ2) is 7.70. The molecule has 1 aromatic carbocycles. The quantitative estimate of drug-likeness (QED) is 0.597. The molecule has 2 aliphatic rings. The van der Waals surface area contributed by atoms with Crippen LogP contribution >= 0.6 is 0 Å². The van der Waals surface area contributed by atoms with Gasteiger partial charge in [-0.2, -0.15) is 5.10 Å². The SMILES string of the molecule is COC(=O)c1cnn(-c2cccc(C3CCCCC3)c2)c1C1CC1c1cn(C)nn1. The van der Waals surface area contributed by atoms with Crippen molar-refractivity contribution in [1.82, 2.24) is 24.8 Å². The molecule has 2 saturated carbocycles. The summed E-state index contributed by atoms with van der Waals surface area (Å²) in [5, 5.41) is 13.0. The predicted molar refractivity (Wildman–Crippen MR) is 112 cm³/mol. The van der Waals surface area contributed by atoms with Crippen LogP contribution in [0.25, 0.3) is 5.69 Å². The van der Waals surface area contributed by atoms with Gasteiger partial charge in [-0.1, -0.05) is 36.6 Å². The van der Waals surface area contributed by atoms with E-state index < -0.39 is 0 Å². The highest BCUT2D eigenvalue weighted by Crippen LogP contribution is 2.55. The minimum atomic E-state index is -0.343. The van der Waals surface area contributed by atoms with Crippen molar-refractivity contribution in [2.45, 2.75) is 56.3 Å². The van der Waals surface area contributed by atoms with Crippen molar-refractivity contribution in [2.24, 2.45) is 7.05 Å². The van der Waals surface area contributed by atoms with Crippen molar-refractivity contribution < 1.29 is 9.53 Å². The van der Waals surface area contributed by atoms with E-state index in [2.05, 4.69) is 39.7 Å². The van der Waals surface area contributed by atoms with E-state index >= 15 is 0 Å². The van der Waals surface area contributed by atoms with Gasteiger partial charge in [-0.25, -0.2) is 9.48 Å². The Balaban J connectivity index is 1.52. The summed E-state index contributed by atoms with van der Waals surface area (Å²) in [6.45, 7) is 0. The average molecular weight is 406 g/mol. The molecule has 0 N–H and O–H groups in total. The molecule has 2 fully saturated rings. The highest BCUT2D eigenvalue weighted by molar-refractivity contribution is 5.91. The van der Waals surface area contributed by atoms with Gasteiger partial charge in [-0.15, -0.1) is 5.10 Å². The normalized spacial score (nSPS) is 21.5. The molecule has 0 radical (unpaired) electrons. The summed E-state index contributed by atoms with van der Waals surface area (Å²) in [7, 11) is 3.29. The third-order valence-corrected chi connectivity index (χ3v) is 6.55. The first-order chi connectivity index (χ1) is 14.7. The van der Waals surface area contributed by atoms with Crippen LogP contribution in [0.3, 0.4) is 0 Å². The number of methoxy groups -OCH3 is 1. The largest absolute Gasteiger partial charge is 0.465 e. The van der Waals surface area contributed by atoms with Gasteiger partial charge in [0.2, 0.25) is 0 Å². The number of nitrogens with zero attached hydrogens (tertiary/aromatic N) is 5. The second-order valence-corrected chi connectivity index (χ2v) is 8.54. The number of hydrogen-bond donors (Lipinski definition) is 0. The first kappa shape index (κ1) is 19.0. The highest BCUT2D eigenvalue weighted by atomic mass is 16.5. The summed E-state index contributed by atoms with van der Waals surface area (Å²) in [6, 6.07) is 8.65. The van der Waals surface area contributed by atoms with Crippen molar-refractivity contribution in [1.29, 1.82) is 0 Å². The van der Waals surface area contributed by atoms with E-state index in [0.717, 1.165) is 23.5 Å². The van der Waals surface area contributed by atoms with Gasteiger partial charge in [-0.05, 0) is 42.9 Å². The Labute approximate surface area is 176 Å². The Hall–Kier alpha value is -2.96. The molecule has 2 aliphatic carbocycles. The minimum absolute atomic E-state index is 0.177. The fourth-order valence-corrected chi connectivity index (χ4v) is 4.89. The van der Waals surface area contributed by atoms with E-state index in [1.807, 2.05) is 17.9 Å². The van der Waals surface area contributed by atoms with Gasteiger partial charge in [0.15, 0.2) is 0 Å². The predicted octanol–water partition coefficient (Wildman–Crippen LogP) is 4.11. The van der Waals surface area contributed by atoms with Crippen LogP contribution in [0, 0.1) is 0 Å². The maximum Gasteiger partial charge on any atom is 0.341 e. The van der Waals surface area contributed by atoms with Gasteiger partial charge >= 0.3 is 5.97 Å². The number of rotatable bonds is 5. The molecule has 7 heteroatoms. The van der Waals surface area contributed by atoms with Crippen LogP contribution in [0.4, 0.5) is 0 Å². The van der Waals surface area contributed by atoms with Crippen LogP contribution in [0.1, 0.15) is 83.6 Å². The topological polar surface area (TPSA) is 74.8 Å². The molecule has 7 nitrogen and oxygen atoms in total. The van der Waals surface area contributed by atoms with Crippen LogP contribution in [0.2, 0.25) is 0 Å². The summed E-state index contributed by atoms with van der Waals surface area (Å²) in [5.41, 5.74) is 4.79. The summed E-state index contributed by atoms with van der Waals surface area (Å²) >= 11 is 0. The number of ether oxygens (including phenoxy) is 1. The summed E-state index contributed by atoms with van der Waals surface area (Å²) in [4.78, 5) is 12.5. The smallest absolute Gasteiger partial charge is 0.341 e. The third-order valence-electron chi connectivity index (χ3n) is 6.55. The van der Waals surface area contributed by atoms with Crippen molar-refractivity contribution in [3.8, 4) is 5.69 Å². The van der Waals surface area contributed by atoms with Crippen molar-refractivity contribution >= 4 is 5.97 Å². The molecule has 0 spiro atoms. The summed E-state index contributed by atoms with van der Waals surface area (Å²) in [6.07, 6.45) is 11.0. The lowest BCUT2D eigenvalue weighted by Crippen LogP contribution is -2.09. The Morgan fingerprint density at radius 3 is 2.73 bits per heavy atom. The zero-order valence-corrected chi connectivity index (χ0v) is 17.5. The van der Waals surface area contributed by atoms with Crippen molar-refractivity contribution in [3.63, 3.8) is 0 Å². The van der Waals surface area contributed by atoms with Crippen LogP contribution < -0.4 is 0 Å². The second-order valence-electron chi connectivity index (χ2n) is 8.54. The zero-order valence-electron chi connectivity index (χ0n) is 17.5. The van der Waals surface area contributed by atoms with Gasteiger partial charge in [0.05, 0.1) is 30.4 Å². The molecular weight excluding hydrogens is 378 g/mol. The van der Waals surface area contributed by atoms with Crippen LogP contribution in [0.5, 0.6) is 0 Å². The van der Waals surface area contributed by atoms with E-state index in [0.29, 0.717) is 11.5 Å². The maximum absolute atomic E-state index is 12.5. The number of benzene rings is 1. The number of aryl methyl sites for hydroxylation is 1. The molecule has 2 unspecified atom stereocenters. The minimum Gasteiger partial charge on any atom is -0.465 e. The van der Waals surface area contributed by atoms with E-state index in [4.69, 9.17) is 4.74 Å². The number of carbonyl (C=O) groups excluding carboxylic acids is 1. The molecule has 0 amide bonds. The molecule has 2 heterocycles. The number of aromatic nitrogens is 5. The molecule has 0 bridgehead atoms. The maximum atomic E-state index is 12.5. The van der Waals surface area contributed by atoms with E-state index in [1.165, 1.54) is 44.8 Å². The van der Waals surface area contributed by atoms with E-state index in [-0.39, 0.29) is 17.8 Å². The molecule has 2 aromatic heterocycles. The highest BCUT2D eigenvalue weighted by Gasteiger charge is 2.46. The Morgan fingerprint density at radius 2 is 2.00 bits per heavy atom. The Morgan fingerprint density at radius 1 is 1.17 bits per heavy atom. The number of carbonyl (C=O) groups is 1. The number of esters is 1. The van der Waals surface area contributed by atoms with Crippen LogP contribution in [-0.2, 0) is 11.8 Å². The third kappa shape index (κ3) is 3.42. The number of hydrogen-bond acceptors (Lipinski definition) is 5. The van der Waals surface area contributed by atoms with Crippen molar-refractivity contribution in [2.75, 3.05) is 7.11 Å². The molecule has 156 valence electrons. The first-order valence-corrected chi connectivity index (χ1v) is 10.8. The molecule has 0 aliphatic heterocycles. The van der Waals surface area contributed by atoms with Gasteiger partial charge in [0, 0.05) is 25.1 Å².